The number of amides is 1. The minimum absolute atomic E-state index is 0.0897. The van der Waals surface area contributed by atoms with E-state index < -0.39 is 0 Å². The topological polar surface area (TPSA) is 48.1 Å². The number of piperazine rings is 1. The Morgan fingerprint density at radius 1 is 0.765 bits per heavy atom. The first-order valence-corrected chi connectivity index (χ1v) is 12.7. The van der Waals surface area contributed by atoms with Gasteiger partial charge in [-0.05, 0) is 44.5 Å². The Bertz CT molecular complexity index is 840. The molecule has 6 heteroatoms. The first-order valence-electron chi connectivity index (χ1n) is 12.7. The SMILES string of the molecule is Cc1ccc(C(NC(=O)CN2CCN(CCCN3CCOCC3)CC2)c2ccc(C)cc2)cc1. The van der Waals surface area contributed by atoms with Crippen molar-refractivity contribution in [2.75, 3.05) is 72.1 Å². The van der Waals surface area contributed by atoms with E-state index in [1.165, 1.54) is 17.5 Å². The molecular formula is C28H40N4O2. The molecule has 0 bridgehead atoms. The van der Waals surface area contributed by atoms with Crippen LogP contribution in [0.25, 0.3) is 0 Å². The zero-order valence-electron chi connectivity index (χ0n) is 20.8. The molecule has 2 heterocycles. The van der Waals surface area contributed by atoms with Crippen molar-refractivity contribution < 1.29 is 9.53 Å². The Labute approximate surface area is 204 Å². The number of carbonyl (C=O) groups is 1. The van der Waals surface area contributed by atoms with Gasteiger partial charge in [0.25, 0.3) is 0 Å². The van der Waals surface area contributed by atoms with E-state index in [9.17, 15) is 4.79 Å². The van der Waals surface area contributed by atoms with Gasteiger partial charge in [-0.2, -0.15) is 0 Å². The van der Waals surface area contributed by atoms with Crippen LogP contribution in [-0.2, 0) is 9.53 Å². The lowest BCUT2D eigenvalue weighted by Crippen LogP contribution is -2.50. The molecule has 0 atom stereocenters. The second kappa shape index (κ2) is 12.5. The Hall–Kier alpha value is -2.25. The maximum Gasteiger partial charge on any atom is 0.234 e. The lowest BCUT2D eigenvalue weighted by atomic mass is 9.97. The van der Waals surface area contributed by atoms with Crippen LogP contribution in [0.5, 0.6) is 0 Å². The van der Waals surface area contributed by atoms with E-state index in [-0.39, 0.29) is 11.9 Å². The molecule has 0 spiro atoms. The standard InChI is InChI=1S/C28H40N4O2/c1-23-4-8-25(9-5-23)28(26-10-6-24(2)7-11-26)29-27(33)22-32-16-14-30(15-17-32)12-3-13-31-18-20-34-21-19-31/h4-11,28H,3,12-22H2,1-2H3,(H,29,33). The average molecular weight is 465 g/mol. The van der Waals surface area contributed by atoms with Gasteiger partial charge < -0.3 is 15.0 Å². The van der Waals surface area contributed by atoms with Crippen LogP contribution < -0.4 is 5.32 Å². The number of carbonyl (C=O) groups excluding carboxylic acids is 1. The van der Waals surface area contributed by atoms with E-state index in [4.69, 9.17) is 4.74 Å². The van der Waals surface area contributed by atoms with Gasteiger partial charge in [0, 0.05) is 39.3 Å². The molecule has 184 valence electrons. The molecule has 34 heavy (non-hydrogen) atoms. The fraction of sp³-hybridized carbons (Fsp3) is 0.536. The van der Waals surface area contributed by atoms with Crippen molar-refractivity contribution in [1.29, 1.82) is 0 Å². The highest BCUT2D eigenvalue weighted by Crippen LogP contribution is 2.23. The molecule has 2 saturated heterocycles. The van der Waals surface area contributed by atoms with Crippen LogP contribution in [-0.4, -0.2) is 92.7 Å². The summed E-state index contributed by atoms with van der Waals surface area (Å²) in [6.07, 6.45) is 1.20. The van der Waals surface area contributed by atoms with Crippen molar-refractivity contribution in [3.8, 4) is 0 Å². The maximum atomic E-state index is 13.0. The first-order chi connectivity index (χ1) is 16.6. The van der Waals surface area contributed by atoms with E-state index in [1.54, 1.807) is 0 Å². The van der Waals surface area contributed by atoms with Crippen molar-refractivity contribution in [1.82, 2.24) is 20.0 Å². The van der Waals surface area contributed by atoms with Crippen molar-refractivity contribution in [3.63, 3.8) is 0 Å². The minimum Gasteiger partial charge on any atom is -0.379 e. The zero-order chi connectivity index (χ0) is 23.8. The van der Waals surface area contributed by atoms with Gasteiger partial charge in [-0.1, -0.05) is 59.7 Å². The molecule has 0 aromatic heterocycles. The molecule has 2 aromatic rings. The largest absolute Gasteiger partial charge is 0.379 e. The van der Waals surface area contributed by atoms with E-state index >= 15 is 0 Å². The number of aryl methyl sites for hydroxylation is 2. The molecule has 0 unspecified atom stereocenters. The summed E-state index contributed by atoms with van der Waals surface area (Å²) in [7, 11) is 0. The number of nitrogens with zero attached hydrogens (tertiary/aromatic N) is 3. The summed E-state index contributed by atoms with van der Waals surface area (Å²) in [5, 5.41) is 3.31. The molecule has 2 fully saturated rings. The lowest BCUT2D eigenvalue weighted by molar-refractivity contribution is -0.123. The van der Waals surface area contributed by atoms with Gasteiger partial charge in [0.15, 0.2) is 0 Å². The van der Waals surface area contributed by atoms with Crippen LogP contribution in [0, 0.1) is 13.8 Å². The number of morpholine rings is 1. The van der Waals surface area contributed by atoms with Crippen LogP contribution in [0.1, 0.15) is 34.7 Å². The molecule has 1 N–H and O–H groups in total. The van der Waals surface area contributed by atoms with Gasteiger partial charge in [-0.3, -0.25) is 14.6 Å². The number of rotatable bonds is 9. The van der Waals surface area contributed by atoms with E-state index in [2.05, 4.69) is 82.4 Å². The van der Waals surface area contributed by atoms with Crippen LogP contribution in [0.15, 0.2) is 48.5 Å². The summed E-state index contributed by atoms with van der Waals surface area (Å²) in [6, 6.07) is 16.8. The van der Waals surface area contributed by atoms with Gasteiger partial charge in [-0.15, -0.1) is 0 Å². The van der Waals surface area contributed by atoms with Crippen molar-refractivity contribution in [2.45, 2.75) is 26.3 Å². The van der Waals surface area contributed by atoms with Gasteiger partial charge in [0.05, 0.1) is 25.8 Å². The van der Waals surface area contributed by atoms with E-state index in [0.29, 0.717) is 6.54 Å². The van der Waals surface area contributed by atoms with E-state index in [0.717, 1.165) is 76.7 Å². The number of hydrogen-bond donors (Lipinski definition) is 1. The molecule has 0 saturated carbocycles. The smallest absolute Gasteiger partial charge is 0.234 e. The maximum absolute atomic E-state index is 13.0. The summed E-state index contributed by atoms with van der Waals surface area (Å²) >= 11 is 0. The third kappa shape index (κ3) is 7.37. The first kappa shape index (κ1) is 24.9. The second-order valence-electron chi connectivity index (χ2n) is 9.75. The third-order valence-corrected chi connectivity index (χ3v) is 7.01. The molecule has 4 rings (SSSR count). The Balaban J connectivity index is 1.25. The predicted molar refractivity (Wildman–Crippen MR) is 137 cm³/mol. The fourth-order valence-electron chi connectivity index (χ4n) is 4.80. The number of nitrogens with one attached hydrogen (secondary N) is 1. The summed E-state index contributed by atoms with van der Waals surface area (Å²) in [5.41, 5.74) is 4.68. The number of hydrogen-bond acceptors (Lipinski definition) is 5. The summed E-state index contributed by atoms with van der Waals surface area (Å²) in [5.74, 6) is 0.0897. The normalized spacial score (nSPS) is 18.3. The molecule has 6 nitrogen and oxygen atoms in total. The molecule has 2 aliphatic rings. The molecule has 2 aliphatic heterocycles. The summed E-state index contributed by atoms with van der Waals surface area (Å²) < 4.78 is 5.43. The Kier molecular flexibility index (Phi) is 9.11. The molecular weight excluding hydrogens is 424 g/mol. The van der Waals surface area contributed by atoms with Crippen molar-refractivity contribution in [2.24, 2.45) is 0 Å². The molecule has 2 aromatic carbocycles. The number of benzene rings is 2. The third-order valence-electron chi connectivity index (χ3n) is 7.01. The lowest BCUT2D eigenvalue weighted by Gasteiger charge is -2.35. The Morgan fingerprint density at radius 3 is 1.76 bits per heavy atom. The van der Waals surface area contributed by atoms with Crippen LogP contribution in [0.4, 0.5) is 0 Å². The molecule has 1 amide bonds. The summed E-state index contributed by atoms with van der Waals surface area (Å²) in [6.45, 7) is 14.8. The van der Waals surface area contributed by atoms with Gasteiger partial charge in [-0.25, -0.2) is 0 Å². The van der Waals surface area contributed by atoms with E-state index in [1.807, 2.05) is 0 Å². The van der Waals surface area contributed by atoms with Crippen molar-refractivity contribution >= 4 is 5.91 Å². The minimum atomic E-state index is -0.129. The van der Waals surface area contributed by atoms with Gasteiger partial charge >= 0.3 is 0 Å². The predicted octanol–water partition coefficient (Wildman–Crippen LogP) is 2.85. The molecule has 0 aliphatic carbocycles. The van der Waals surface area contributed by atoms with Crippen LogP contribution >= 0.6 is 0 Å². The van der Waals surface area contributed by atoms with Gasteiger partial charge in [0.1, 0.15) is 0 Å². The average Bonchev–Trinajstić information content (AvgIpc) is 2.86. The van der Waals surface area contributed by atoms with Gasteiger partial charge in [0.2, 0.25) is 5.91 Å². The van der Waals surface area contributed by atoms with Crippen molar-refractivity contribution in [3.05, 3.63) is 70.8 Å². The highest BCUT2D eigenvalue weighted by atomic mass is 16.5. The summed E-state index contributed by atoms with van der Waals surface area (Å²) in [4.78, 5) is 20.4. The monoisotopic (exact) mass is 464 g/mol. The second-order valence-corrected chi connectivity index (χ2v) is 9.75. The van der Waals surface area contributed by atoms with Crippen LogP contribution in [0.2, 0.25) is 0 Å². The fourth-order valence-corrected chi connectivity index (χ4v) is 4.80. The highest BCUT2D eigenvalue weighted by molar-refractivity contribution is 5.79. The zero-order valence-corrected chi connectivity index (χ0v) is 20.8. The number of ether oxygens (including phenoxy) is 1. The Morgan fingerprint density at radius 2 is 1.24 bits per heavy atom. The quantitative estimate of drug-likeness (QED) is 0.619. The molecule has 0 radical (unpaired) electrons. The highest BCUT2D eigenvalue weighted by Gasteiger charge is 2.22. The van der Waals surface area contributed by atoms with Crippen LogP contribution in [0.3, 0.4) is 0 Å².